The Kier molecular flexibility index (Phi) is 3.58. The Hall–Kier alpha value is -1.66. The maximum atomic E-state index is 6.05. The van der Waals surface area contributed by atoms with E-state index in [0.29, 0.717) is 22.5 Å². The second-order valence-electron chi connectivity index (χ2n) is 5.01. The fraction of sp³-hybridized carbons (Fsp3) is 0.462. The molecule has 2 heterocycles. The summed E-state index contributed by atoms with van der Waals surface area (Å²) in [7, 11) is 0. The van der Waals surface area contributed by atoms with Crippen LogP contribution in [-0.2, 0) is 11.3 Å². The van der Waals surface area contributed by atoms with Crippen LogP contribution in [0.1, 0.15) is 13.3 Å². The molecule has 0 spiro atoms. The van der Waals surface area contributed by atoms with Crippen LogP contribution in [0.15, 0.2) is 18.2 Å². The average molecular weight is 294 g/mol. The van der Waals surface area contributed by atoms with Gasteiger partial charge in [-0.3, -0.25) is 0 Å². The minimum Gasteiger partial charge on any atom is -0.397 e. The van der Waals surface area contributed by atoms with E-state index in [2.05, 4.69) is 22.4 Å². The van der Waals surface area contributed by atoms with Crippen molar-refractivity contribution in [3.05, 3.63) is 23.2 Å². The number of ether oxygens (including phenoxy) is 1. The van der Waals surface area contributed by atoms with Gasteiger partial charge in [-0.15, -0.1) is 5.10 Å². The number of halogens is 1. The maximum absolute atomic E-state index is 6.05. The predicted molar refractivity (Wildman–Crippen MR) is 76.2 cm³/mol. The molecule has 1 aromatic heterocycles. The second kappa shape index (κ2) is 5.38. The van der Waals surface area contributed by atoms with Crippen molar-refractivity contribution in [1.29, 1.82) is 0 Å². The molecule has 7 heteroatoms. The van der Waals surface area contributed by atoms with Crippen LogP contribution in [0.5, 0.6) is 0 Å². The number of tetrazole rings is 1. The van der Waals surface area contributed by atoms with E-state index in [4.69, 9.17) is 22.1 Å². The first-order valence-corrected chi connectivity index (χ1v) is 6.96. The Labute approximate surface area is 121 Å². The van der Waals surface area contributed by atoms with Crippen LogP contribution >= 0.6 is 11.6 Å². The molecule has 1 saturated heterocycles. The van der Waals surface area contributed by atoms with Gasteiger partial charge in [0.05, 0.1) is 23.4 Å². The molecule has 1 aromatic carbocycles. The van der Waals surface area contributed by atoms with Gasteiger partial charge in [0.1, 0.15) is 0 Å². The summed E-state index contributed by atoms with van der Waals surface area (Å²) in [5.41, 5.74) is 7.27. The smallest absolute Gasteiger partial charge is 0.184 e. The van der Waals surface area contributed by atoms with Gasteiger partial charge in [-0.25, -0.2) is 4.68 Å². The van der Waals surface area contributed by atoms with E-state index in [9.17, 15) is 0 Å². The zero-order valence-electron chi connectivity index (χ0n) is 11.2. The monoisotopic (exact) mass is 293 g/mol. The number of para-hydroxylation sites is 1. The lowest BCUT2D eigenvalue weighted by atomic mass is 10.0. The lowest BCUT2D eigenvalue weighted by Gasteiger charge is -2.15. The van der Waals surface area contributed by atoms with Crippen LogP contribution in [-0.4, -0.2) is 32.9 Å². The molecular weight excluding hydrogens is 278 g/mol. The van der Waals surface area contributed by atoms with Crippen molar-refractivity contribution in [1.82, 2.24) is 20.2 Å². The molecule has 2 aromatic rings. The van der Waals surface area contributed by atoms with Crippen LogP contribution < -0.4 is 5.73 Å². The third kappa shape index (κ3) is 2.36. The molecule has 20 heavy (non-hydrogen) atoms. The molecule has 2 unspecified atom stereocenters. The van der Waals surface area contributed by atoms with Gasteiger partial charge in [0, 0.05) is 18.1 Å². The lowest BCUT2D eigenvalue weighted by Crippen LogP contribution is -2.19. The Balaban J connectivity index is 1.92. The molecule has 0 saturated carbocycles. The molecule has 0 amide bonds. The number of nitrogens with zero attached hydrogens (tertiary/aromatic N) is 4. The lowest BCUT2D eigenvalue weighted by molar-refractivity contribution is 0.101. The van der Waals surface area contributed by atoms with Gasteiger partial charge in [0.2, 0.25) is 0 Å². The van der Waals surface area contributed by atoms with E-state index >= 15 is 0 Å². The van der Waals surface area contributed by atoms with E-state index in [0.717, 1.165) is 25.1 Å². The summed E-state index contributed by atoms with van der Waals surface area (Å²) in [5, 5.41) is 12.4. The summed E-state index contributed by atoms with van der Waals surface area (Å²) >= 11 is 6.05. The topological polar surface area (TPSA) is 78.8 Å². The number of benzene rings is 1. The van der Waals surface area contributed by atoms with Crippen LogP contribution in [0.25, 0.3) is 11.4 Å². The Morgan fingerprint density at radius 3 is 3.10 bits per heavy atom. The molecule has 106 valence electrons. The maximum Gasteiger partial charge on any atom is 0.184 e. The van der Waals surface area contributed by atoms with Crippen molar-refractivity contribution >= 4 is 17.3 Å². The van der Waals surface area contributed by atoms with Crippen LogP contribution in [0.2, 0.25) is 5.02 Å². The highest BCUT2D eigenvalue weighted by atomic mass is 35.5. The summed E-state index contributed by atoms with van der Waals surface area (Å²) in [6.07, 6.45) is 1.25. The zero-order chi connectivity index (χ0) is 14.1. The van der Waals surface area contributed by atoms with Crippen LogP contribution in [0.4, 0.5) is 5.69 Å². The quantitative estimate of drug-likeness (QED) is 0.876. The summed E-state index contributed by atoms with van der Waals surface area (Å²) in [4.78, 5) is 0. The first-order chi connectivity index (χ1) is 9.66. The van der Waals surface area contributed by atoms with Gasteiger partial charge in [0.15, 0.2) is 5.82 Å². The standard InChI is InChI=1S/C13H16ClN5O/c1-8-9(5-6-20-8)7-19-13(16-17-18-19)10-3-2-4-11(14)12(10)15/h2-4,8-9H,5-7,15H2,1H3. The van der Waals surface area contributed by atoms with Crippen molar-refractivity contribution in [2.45, 2.75) is 26.0 Å². The second-order valence-corrected chi connectivity index (χ2v) is 5.42. The molecule has 3 rings (SSSR count). The van der Waals surface area contributed by atoms with Gasteiger partial charge in [-0.1, -0.05) is 17.7 Å². The van der Waals surface area contributed by atoms with Crippen molar-refractivity contribution < 1.29 is 4.74 Å². The van der Waals surface area contributed by atoms with E-state index < -0.39 is 0 Å². The number of hydrogen-bond donors (Lipinski definition) is 1. The summed E-state index contributed by atoms with van der Waals surface area (Å²) < 4.78 is 7.35. The number of anilines is 1. The molecular formula is C13H16ClN5O. The Morgan fingerprint density at radius 1 is 1.50 bits per heavy atom. The minimum atomic E-state index is 0.226. The van der Waals surface area contributed by atoms with Crippen molar-refractivity contribution in [3.8, 4) is 11.4 Å². The highest BCUT2D eigenvalue weighted by Gasteiger charge is 2.26. The Bertz CT molecular complexity index is 615. The Morgan fingerprint density at radius 2 is 2.35 bits per heavy atom. The van der Waals surface area contributed by atoms with Gasteiger partial charge < -0.3 is 10.5 Å². The predicted octanol–water partition coefficient (Wildman–Crippen LogP) is 2.00. The first-order valence-electron chi connectivity index (χ1n) is 6.59. The molecule has 0 aliphatic carbocycles. The summed E-state index contributed by atoms with van der Waals surface area (Å²) in [6, 6.07) is 5.47. The van der Waals surface area contributed by atoms with E-state index in [1.807, 2.05) is 12.1 Å². The summed E-state index contributed by atoms with van der Waals surface area (Å²) in [6.45, 7) is 3.59. The van der Waals surface area contributed by atoms with Gasteiger partial charge in [-0.2, -0.15) is 0 Å². The zero-order valence-corrected chi connectivity index (χ0v) is 11.9. The summed E-state index contributed by atoms with van der Waals surface area (Å²) in [5.74, 6) is 1.06. The van der Waals surface area contributed by atoms with Gasteiger partial charge in [0.25, 0.3) is 0 Å². The number of hydrogen-bond acceptors (Lipinski definition) is 5. The third-order valence-electron chi connectivity index (χ3n) is 3.77. The van der Waals surface area contributed by atoms with Crippen LogP contribution in [0, 0.1) is 5.92 Å². The van der Waals surface area contributed by atoms with E-state index in [1.165, 1.54) is 0 Å². The average Bonchev–Trinajstić information content (AvgIpc) is 3.04. The number of nitrogen functional groups attached to an aromatic ring is 1. The molecule has 2 atom stereocenters. The first kappa shape index (κ1) is 13.3. The molecule has 0 radical (unpaired) electrons. The molecule has 2 N–H and O–H groups in total. The largest absolute Gasteiger partial charge is 0.397 e. The van der Waals surface area contributed by atoms with Crippen molar-refractivity contribution in [2.75, 3.05) is 12.3 Å². The van der Waals surface area contributed by atoms with Crippen LogP contribution in [0.3, 0.4) is 0 Å². The number of aromatic nitrogens is 4. The fourth-order valence-electron chi connectivity index (χ4n) is 2.49. The third-order valence-corrected chi connectivity index (χ3v) is 4.10. The highest BCUT2D eigenvalue weighted by Crippen LogP contribution is 2.31. The minimum absolute atomic E-state index is 0.226. The van der Waals surface area contributed by atoms with Crippen molar-refractivity contribution in [3.63, 3.8) is 0 Å². The molecule has 0 bridgehead atoms. The van der Waals surface area contributed by atoms with Gasteiger partial charge >= 0.3 is 0 Å². The normalized spacial score (nSPS) is 22.3. The van der Waals surface area contributed by atoms with E-state index in [-0.39, 0.29) is 6.10 Å². The molecule has 1 fully saturated rings. The molecule has 1 aliphatic rings. The highest BCUT2D eigenvalue weighted by molar-refractivity contribution is 6.33. The van der Waals surface area contributed by atoms with E-state index in [1.54, 1.807) is 10.7 Å². The molecule has 6 nitrogen and oxygen atoms in total. The number of nitrogens with two attached hydrogens (primary N) is 1. The molecule has 1 aliphatic heterocycles. The SMILES string of the molecule is CC1OCCC1Cn1nnnc1-c1cccc(Cl)c1N. The number of rotatable bonds is 3. The van der Waals surface area contributed by atoms with Gasteiger partial charge in [-0.05, 0) is 35.9 Å². The fourth-order valence-corrected chi connectivity index (χ4v) is 2.67. The van der Waals surface area contributed by atoms with Crippen molar-refractivity contribution in [2.24, 2.45) is 5.92 Å².